The van der Waals surface area contributed by atoms with Crippen LogP contribution in [-0.2, 0) is 4.79 Å². The number of nitrogens with zero attached hydrogens (tertiary/aromatic N) is 1. The van der Waals surface area contributed by atoms with Gasteiger partial charge in [-0.15, -0.1) is 0 Å². The second-order valence-electron chi connectivity index (χ2n) is 4.54. The van der Waals surface area contributed by atoms with Gasteiger partial charge in [0.1, 0.15) is 0 Å². The summed E-state index contributed by atoms with van der Waals surface area (Å²) in [6.07, 6.45) is 10.8. The van der Waals surface area contributed by atoms with E-state index < -0.39 is 0 Å². The van der Waals surface area contributed by atoms with Crippen LogP contribution in [0.3, 0.4) is 0 Å². The molecule has 2 rings (SSSR count). The third-order valence-corrected chi connectivity index (χ3v) is 4.30. The summed E-state index contributed by atoms with van der Waals surface area (Å²) in [5.41, 5.74) is 0. The van der Waals surface area contributed by atoms with Crippen molar-refractivity contribution < 1.29 is 4.79 Å². The van der Waals surface area contributed by atoms with Crippen LogP contribution in [-0.4, -0.2) is 17.4 Å². The van der Waals surface area contributed by atoms with Crippen LogP contribution in [0.15, 0.2) is 9.78 Å². The van der Waals surface area contributed by atoms with E-state index in [0.29, 0.717) is 5.91 Å². The predicted molar refractivity (Wildman–Crippen MR) is 69.6 cm³/mol. The summed E-state index contributed by atoms with van der Waals surface area (Å²) in [5.74, 6) is 1.03. The van der Waals surface area contributed by atoms with Gasteiger partial charge in [0.2, 0.25) is 5.91 Å². The van der Waals surface area contributed by atoms with Gasteiger partial charge in [0.15, 0.2) is 0 Å². The van der Waals surface area contributed by atoms with Crippen LogP contribution in [0.1, 0.15) is 44.9 Å². The van der Waals surface area contributed by atoms with E-state index in [2.05, 4.69) is 28.7 Å². The molecule has 2 fully saturated rings. The largest absolute Gasteiger partial charge is 0.307 e. The van der Waals surface area contributed by atoms with Crippen LogP contribution in [0.4, 0.5) is 0 Å². The van der Waals surface area contributed by atoms with Gasteiger partial charge in [0, 0.05) is 13.0 Å². The Labute approximate surface area is 105 Å². The summed E-state index contributed by atoms with van der Waals surface area (Å²) in [7, 11) is 0. The summed E-state index contributed by atoms with van der Waals surface area (Å²) in [5, 5.41) is 0. The third kappa shape index (κ3) is 2.95. The van der Waals surface area contributed by atoms with Crippen molar-refractivity contribution in [3.05, 3.63) is 9.78 Å². The topological polar surface area (TPSA) is 20.3 Å². The minimum atomic E-state index is 0.312. The molecule has 1 saturated carbocycles. The van der Waals surface area contributed by atoms with E-state index in [-0.39, 0.29) is 0 Å². The molecule has 15 heavy (non-hydrogen) atoms. The maximum atomic E-state index is 11.5. The average molecular weight is 319 g/mol. The third-order valence-electron chi connectivity index (χ3n) is 3.35. The molecule has 0 unspecified atom stereocenters. The first-order chi connectivity index (χ1) is 7.27. The van der Waals surface area contributed by atoms with Crippen molar-refractivity contribution in [3.63, 3.8) is 0 Å². The van der Waals surface area contributed by atoms with E-state index >= 15 is 0 Å². The van der Waals surface area contributed by atoms with Crippen LogP contribution >= 0.6 is 22.6 Å². The molecule has 0 aromatic heterocycles. The second-order valence-corrected chi connectivity index (χ2v) is 5.64. The van der Waals surface area contributed by atoms with Crippen molar-refractivity contribution >= 4 is 28.5 Å². The summed E-state index contributed by atoms with van der Waals surface area (Å²) in [6, 6.07) is 0. The molecule has 2 aliphatic rings. The minimum absolute atomic E-state index is 0.312. The Balaban J connectivity index is 1.95. The number of hydrogen-bond donors (Lipinski definition) is 0. The highest BCUT2D eigenvalue weighted by molar-refractivity contribution is 14.1. The molecule has 3 heteroatoms. The highest BCUT2D eigenvalue weighted by Crippen LogP contribution is 2.29. The van der Waals surface area contributed by atoms with Crippen molar-refractivity contribution in [3.8, 4) is 0 Å². The van der Waals surface area contributed by atoms with E-state index in [9.17, 15) is 4.79 Å². The highest BCUT2D eigenvalue weighted by Gasteiger charge is 2.23. The fourth-order valence-electron chi connectivity index (χ4n) is 2.46. The maximum absolute atomic E-state index is 11.5. The van der Waals surface area contributed by atoms with Gasteiger partial charge >= 0.3 is 0 Å². The molecule has 0 aromatic carbocycles. The van der Waals surface area contributed by atoms with Crippen molar-refractivity contribution in [2.24, 2.45) is 5.92 Å². The molecule has 84 valence electrons. The van der Waals surface area contributed by atoms with Gasteiger partial charge in [-0.05, 0) is 47.8 Å². The Morgan fingerprint density at radius 2 is 2.00 bits per heavy atom. The molecular formula is C12H18INO. The second kappa shape index (κ2) is 5.32. The van der Waals surface area contributed by atoms with Gasteiger partial charge in [0.05, 0.1) is 3.70 Å². The lowest BCUT2D eigenvalue weighted by Crippen LogP contribution is -2.21. The van der Waals surface area contributed by atoms with E-state index in [1.807, 2.05) is 4.90 Å². The van der Waals surface area contributed by atoms with Crippen LogP contribution in [0.25, 0.3) is 0 Å². The Morgan fingerprint density at radius 3 is 2.60 bits per heavy atom. The Kier molecular flexibility index (Phi) is 4.05. The van der Waals surface area contributed by atoms with E-state index in [1.165, 1.54) is 35.8 Å². The van der Waals surface area contributed by atoms with E-state index in [4.69, 9.17) is 0 Å². The first-order valence-corrected chi connectivity index (χ1v) is 7.03. The molecule has 0 N–H and O–H groups in total. The Bertz CT molecular complexity index is 269. The molecule has 1 amide bonds. The SMILES string of the molecule is O=C1CCCN1/C(I)=C\C1CCCCC1. The number of amides is 1. The lowest BCUT2D eigenvalue weighted by atomic mass is 9.89. The molecule has 1 heterocycles. The number of hydrogen-bond acceptors (Lipinski definition) is 1. The molecule has 0 bridgehead atoms. The first kappa shape index (κ1) is 11.4. The van der Waals surface area contributed by atoms with Crippen molar-refractivity contribution in [1.82, 2.24) is 4.90 Å². The summed E-state index contributed by atoms with van der Waals surface area (Å²) in [4.78, 5) is 13.5. The molecule has 0 atom stereocenters. The lowest BCUT2D eigenvalue weighted by Gasteiger charge is -2.21. The highest BCUT2D eigenvalue weighted by atomic mass is 127. The normalized spacial score (nSPS) is 25.0. The summed E-state index contributed by atoms with van der Waals surface area (Å²) in [6.45, 7) is 0.931. The number of halogens is 1. The zero-order chi connectivity index (χ0) is 10.7. The zero-order valence-electron chi connectivity index (χ0n) is 9.04. The number of carbonyl (C=O) groups excluding carboxylic acids is 1. The monoisotopic (exact) mass is 319 g/mol. The minimum Gasteiger partial charge on any atom is -0.307 e. The molecule has 0 aromatic rings. The van der Waals surface area contributed by atoms with Gasteiger partial charge in [0.25, 0.3) is 0 Å². The average Bonchev–Trinajstić information content (AvgIpc) is 2.66. The first-order valence-electron chi connectivity index (χ1n) is 5.95. The molecule has 2 nitrogen and oxygen atoms in total. The van der Waals surface area contributed by atoms with Crippen LogP contribution in [0, 0.1) is 5.92 Å². The van der Waals surface area contributed by atoms with Gasteiger partial charge in [-0.3, -0.25) is 4.79 Å². The summed E-state index contributed by atoms with van der Waals surface area (Å²) < 4.78 is 1.17. The fourth-order valence-corrected chi connectivity index (χ4v) is 3.48. The van der Waals surface area contributed by atoms with Crippen molar-refractivity contribution in [1.29, 1.82) is 0 Å². The van der Waals surface area contributed by atoms with Crippen molar-refractivity contribution in [2.45, 2.75) is 44.9 Å². The van der Waals surface area contributed by atoms with Gasteiger partial charge in [-0.25, -0.2) is 0 Å². The number of carbonyl (C=O) groups is 1. The number of rotatable bonds is 2. The number of likely N-dealkylation sites (tertiary alicyclic amines) is 1. The zero-order valence-corrected chi connectivity index (χ0v) is 11.2. The van der Waals surface area contributed by atoms with Gasteiger partial charge in [-0.2, -0.15) is 0 Å². The van der Waals surface area contributed by atoms with Gasteiger partial charge in [-0.1, -0.05) is 25.3 Å². The standard InChI is InChI=1S/C12H18INO/c13-11(14-8-4-7-12(14)15)9-10-5-2-1-3-6-10/h9-10H,1-8H2/b11-9-. The van der Waals surface area contributed by atoms with E-state index in [1.54, 1.807) is 0 Å². The number of allylic oxidation sites excluding steroid dienone is 1. The van der Waals surface area contributed by atoms with Crippen molar-refractivity contribution in [2.75, 3.05) is 6.54 Å². The smallest absolute Gasteiger partial charge is 0.227 e. The molecule has 0 radical (unpaired) electrons. The van der Waals surface area contributed by atoms with Crippen LogP contribution < -0.4 is 0 Å². The predicted octanol–water partition coefficient (Wildman–Crippen LogP) is 3.47. The molecule has 0 spiro atoms. The summed E-state index contributed by atoms with van der Waals surface area (Å²) >= 11 is 2.33. The quantitative estimate of drug-likeness (QED) is 0.564. The lowest BCUT2D eigenvalue weighted by molar-refractivity contribution is -0.125. The van der Waals surface area contributed by atoms with Crippen LogP contribution in [0.2, 0.25) is 0 Å². The van der Waals surface area contributed by atoms with Gasteiger partial charge < -0.3 is 4.90 Å². The molecule has 1 aliphatic carbocycles. The Hall–Kier alpha value is -0.0600. The molecular weight excluding hydrogens is 301 g/mol. The van der Waals surface area contributed by atoms with E-state index in [0.717, 1.165) is 25.3 Å². The Morgan fingerprint density at radius 1 is 1.27 bits per heavy atom. The molecule has 1 aliphatic heterocycles. The molecule has 1 saturated heterocycles. The maximum Gasteiger partial charge on any atom is 0.227 e. The van der Waals surface area contributed by atoms with Crippen LogP contribution in [0.5, 0.6) is 0 Å². The fraction of sp³-hybridized carbons (Fsp3) is 0.750.